The van der Waals surface area contributed by atoms with E-state index in [2.05, 4.69) is 0 Å². The molecular weight excluding hydrogens is 290 g/mol. The van der Waals surface area contributed by atoms with Crippen molar-refractivity contribution in [3.05, 3.63) is 18.0 Å². The van der Waals surface area contributed by atoms with Crippen LogP contribution in [0.3, 0.4) is 0 Å². The normalized spacial score (nSPS) is 20.3. The van der Waals surface area contributed by atoms with Gasteiger partial charge in [0.1, 0.15) is 10.6 Å². The predicted molar refractivity (Wildman–Crippen MR) is 78.4 cm³/mol. The molecule has 0 atom stereocenters. The first-order valence-corrected chi connectivity index (χ1v) is 9.05. The molecule has 3 rings (SSSR count). The topological polar surface area (TPSA) is 85.4 Å². The van der Waals surface area contributed by atoms with Gasteiger partial charge in [0.05, 0.1) is 0 Å². The Morgan fingerprint density at radius 2 is 1.76 bits per heavy atom. The zero-order valence-corrected chi connectivity index (χ0v) is 12.8. The molecule has 0 spiro atoms. The van der Waals surface area contributed by atoms with Crippen molar-refractivity contribution < 1.29 is 13.2 Å². The Morgan fingerprint density at radius 1 is 1.14 bits per heavy atom. The minimum Gasteiger partial charge on any atom is -0.339 e. The number of amides is 1. The largest absolute Gasteiger partial charge is 0.339 e. The van der Waals surface area contributed by atoms with Crippen LogP contribution in [0.25, 0.3) is 0 Å². The van der Waals surface area contributed by atoms with Crippen LogP contribution in [0.5, 0.6) is 0 Å². The summed E-state index contributed by atoms with van der Waals surface area (Å²) < 4.78 is 24.9. The van der Waals surface area contributed by atoms with E-state index in [0.29, 0.717) is 5.69 Å². The van der Waals surface area contributed by atoms with Crippen molar-refractivity contribution >= 4 is 15.9 Å². The molecule has 1 amide bonds. The van der Waals surface area contributed by atoms with E-state index >= 15 is 0 Å². The highest BCUT2D eigenvalue weighted by atomic mass is 32.2. The first-order chi connectivity index (χ1) is 9.97. The number of rotatable bonds is 3. The van der Waals surface area contributed by atoms with Crippen molar-refractivity contribution in [2.45, 2.75) is 49.5 Å². The summed E-state index contributed by atoms with van der Waals surface area (Å²) in [6.07, 6.45) is 7.80. The Labute approximate surface area is 125 Å². The molecule has 7 heteroatoms. The SMILES string of the molecule is NS(=O)(=O)c1cc(C(=O)N2CCCCCC2)n(C2CC2)c1. The van der Waals surface area contributed by atoms with Crippen molar-refractivity contribution in [3.63, 3.8) is 0 Å². The number of carbonyl (C=O) groups is 1. The van der Waals surface area contributed by atoms with Gasteiger partial charge in [-0.25, -0.2) is 13.6 Å². The summed E-state index contributed by atoms with van der Waals surface area (Å²) in [4.78, 5) is 14.6. The van der Waals surface area contributed by atoms with Crippen molar-refractivity contribution in [1.82, 2.24) is 9.47 Å². The summed E-state index contributed by atoms with van der Waals surface area (Å²) in [7, 11) is -3.77. The van der Waals surface area contributed by atoms with Gasteiger partial charge in [-0.3, -0.25) is 4.79 Å². The van der Waals surface area contributed by atoms with E-state index in [-0.39, 0.29) is 16.8 Å². The van der Waals surface area contributed by atoms with Gasteiger partial charge < -0.3 is 9.47 Å². The highest BCUT2D eigenvalue weighted by Crippen LogP contribution is 2.37. The summed E-state index contributed by atoms with van der Waals surface area (Å²) >= 11 is 0. The number of likely N-dealkylation sites (tertiary alicyclic amines) is 1. The van der Waals surface area contributed by atoms with Gasteiger partial charge in [0.15, 0.2) is 0 Å². The fourth-order valence-electron chi connectivity index (χ4n) is 2.87. The van der Waals surface area contributed by atoms with Crippen molar-refractivity contribution in [2.24, 2.45) is 5.14 Å². The van der Waals surface area contributed by atoms with Crippen LogP contribution in [-0.2, 0) is 10.0 Å². The third-order valence-corrected chi connectivity index (χ3v) is 5.08. The van der Waals surface area contributed by atoms with Crippen LogP contribution in [0.1, 0.15) is 55.1 Å². The average molecular weight is 311 g/mol. The molecule has 6 nitrogen and oxygen atoms in total. The van der Waals surface area contributed by atoms with Gasteiger partial charge in [0.2, 0.25) is 10.0 Å². The molecule has 116 valence electrons. The quantitative estimate of drug-likeness (QED) is 0.917. The summed E-state index contributed by atoms with van der Waals surface area (Å²) in [5, 5.41) is 5.20. The van der Waals surface area contributed by atoms with Crippen LogP contribution in [0.4, 0.5) is 0 Å². The molecule has 2 heterocycles. The summed E-state index contributed by atoms with van der Waals surface area (Å²) in [6.45, 7) is 1.50. The lowest BCUT2D eigenvalue weighted by atomic mass is 10.2. The number of nitrogens with two attached hydrogens (primary N) is 1. The number of primary sulfonamides is 1. The lowest BCUT2D eigenvalue weighted by molar-refractivity contribution is 0.0750. The Balaban J connectivity index is 1.92. The Morgan fingerprint density at radius 3 is 2.29 bits per heavy atom. The molecule has 2 fully saturated rings. The Kier molecular flexibility index (Phi) is 3.79. The van der Waals surface area contributed by atoms with Crippen LogP contribution in [-0.4, -0.2) is 36.9 Å². The van der Waals surface area contributed by atoms with Crippen LogP contribution < -0.4 is 5.14 Å². The maximum absolute atomic E-state index is 12.7. The second kappa shape index (κ2) is 5.46. The summed E-state index contributed by atoms with van der Waals surface area (Å²) in [5.74, 6) is -0.0706. The molecule has 0 bridgehead atoms. The molecular formula is C14H21N3O3S. The van der Waals surface area contributed by atoms with E-state index in [1.165, 1.54) is 12.3 Å². The predicted octanol–water partition coefficient (Wildman–Crippen LogP) is 1.49. The molecule has 2 aliphatic rings. The van der Waals surface area contributed by atoms with E-state index in [1.54, 1.807) is 4.57 Å². The molecule has 1 aromatic heterocycles. The average Bonchev–Trinajstić information content (AvgIpc) is 3.21. The molecule has 1 aromatic rings. The lowest BCUT2D eigenvalue weighted by Crippen LogP contribution is -2.33. The third kappa shape index (κ3) is 3.13. The van der Waals surface area contributed by atoms with Crippen LogP contribution in [0.2, 0.25) is 0 Å². The highest BCUT2D eigenvalue weighted by molar-refractivity contribution is 7.89. The standard InChI is InChI=1S/C14H21N3O3S/c15-21(19,20)12-9-13(17(10-12)11-5-6-11)14(18)16-7-3-1-2-4-8-16/h9-11H,1-8H2,(H2,15,19,20). The molecule has 21 heavy (non-hydrogen) atoms. The van der Waals surface area contributed by atoms with Gasteiger partial charge in [-0.1, -0.05) is 12.8 Å². The summed E-state index contributed by atoms with van der Waals surface area (Å²) in [6, 6.07) is 1.67. The highest BCUT2D eigenvalue weighted by Gasteiger charge is 2.31. The Hall–Kier alpha value is -1.34. The van der Waals surface area contributed by atoms with E-state index in [4.69, 9.17) is 5.14 Å². The van der Waals surface area contributed by atoms with E-state index in [1.807, 2.05) is 4.90 Å². The van der Waals surface area contributed by atoms with E-state index in [0.717, 1.165) is 51.6 Å². The first-order valence-electron chi connectivity index (χ1n) is 7.51. The maximum Gasteiger partial charge on any atom is 0.270 e. The Bertz CT molecular complexity index is 638. The molecule has 0 unspecified atom stereocenters. The monoisotopic (exact) mass is 311 g/mol. The molecule has 1 saturated carbocycles. The molecule has 0 radical (unpaired) electrons. The van der Waals surface area contributed by atoms with Gasteiger partial charge in [0, 0.05) is 25.3 Å². The van der Waals surface area contributed by atoms with Crippen LogP contribution in [0, 0.1) is 0 Å². The van der Waals surface area contributed by atoms with Crippen LogP contribution in [0.15, 0.2) is 17.2 Å². The molecule has 0 aromatic carbocycles. The maximum atomic E-state index is 12.7. The molecule has 1 aliphatic heterocycles. The fourth-order valence-corrected chi connectivity index (χ4v) is 3.41. The number of hydrogen-bond acceptors (Lipinski definition) is 3. The van der Waals surface area contributed by atoms with Gasteiger partial charge in [-0.15, -0.1) is 0 Å². The second-order valence-corrected chi connectivity index (χ2v) is 7.51. The van der Waals surface area contributed by atoms with Crippen molar-refractivity contribution in [1.29, 1.82) is 0 Å². The third-order valence-electron chi connectivity index (χ3n) is 4.20. The van der Waals surface area contributed by atoms with Crippen LogP contribution >= 0.6 is 0 Å². The van der Waals surface area contributed by atoms with E-state index < -0.39 is 10.0 Å². The first kappa shape index (κ1) is 14.6. The molecule has 1 aliphatic carbocycles. The smallest absolute Gasteiger partial charge is 0.270 e. The minimum atomic E-state index is -3.77. The molecule has 2 N–H and O–H groups in total. The fraction of sp³-hybridized carbons (Fsp3) is 0.643. The zero-order valence-electron chi connectivity index (χ0n) is 12.0. The van der Waals surface area contributed by atoms with Gasteiger partial charge in [-0.05, 0) is 31.7 Å². The minimum absolute atomic E-state index is 0.0348. The summed E-state index contributed by atoms with van der Waals surface area (Å²) in [5.41, 5.74) is 0.462. The number of hydrogen-bond donors (Lipinski definition) is 1. The number of carbonyl (C=O) groups excluding carboxylic acids is 1. The lowest BCUT2D eigenvalue weighted by Gasteiger charge is -2.21. The van der Waals surface area contributed by atoms with Gasteiger partial charge >= 0.3 is 0 Å². The van der Waals surface area contributed by atoms with Gasteiger partial charge in [0.25, 0.3) is 5.91 Å². The van der Waals surface area contributed by atoms with Crippen molar-refractivity contribution in [3.8, 4) is 0 Å². The van der Waals surface area contributed by atoms with Crippen molar-refractivity contribution in [2.75, 3.05) is 13.1 Å². The number of nitrogens with zero attached hydrogens (tertiary/aromatic N) is 2. The van der Waals surface area contributed by atoms with Gasteiger partial charge in [-0.2, -0.15) is 0 Å². The molecule has 1 saturated heterocycles. The van der Waals surface area contributed by atoms with E-state index in [9.17, 15) is 13.2 Å². The zero-order chi connectivity index (χ0) is 15.0. The number of sulfonamides is 1. The number of aromatic nitrogens is 1. The second-order valence-electron chi connectivity index (χ2n) is 5.95.